The van der Waals surface area contributed by atoms with Gasteiger partial charge in [0.1, 0.15) is 16.8 Å². The number of rotatable bonds is 3. The minimum absolute atomic E-state index is 0.639. The smallest absolute Gasteiger partial charge is 0.160 e. The standard InChI is InChI=1S/C19H14N6O/c1-26-15-4-2-3-12(7-15)19-20-11-18-17(23-19)10-22-25(18)14-6-5-13-9-21-24-16(13)8-14/h2-11H,1H3,(H,21,24). The van der Waals surface area contributed by atoms with Crippen LogP contribution >= 0.6 is 0 Å². The molecule has 5 rings (SSSR count). The first kappa shape index (κ1) is 14.6. The summed E-state index contributed by atoms with van der Waals surface area (Å²) in [5.41, 5.74) is 4.41. The molecular formula is C19H14N6O. The highest BCUT2D eigenvalue weighted by atomic mass is 16.5. The van der Waals surface area contributed by atoms with Crippen molar-refractivity contribution in [3.8, 4) is 22.8 Å². The number of methoxy groups -OCH3 is 1. The Bertz CT molecular complexity index is 1240. The van der Waals surface area contributed by atoms with Gasteiger partial charge in [-0.3, -0.25) is 5.10 Å². The van der Waals surface area contributed by atoms with Crippen molar-refractivity contribution >= 4 is 21.9 Å². The van der Waals surface area contributed by atoms with Crippen LogP contribution in [0.25, 0.3) is 39.0 Å². The summed E-state index contributed by atoms with van der Waals surface area (Å²) in [6, 6.07) is 13.7. The lowest BCUT2D eigenvalue weighted by Crippen LogP contribution is -1.97. The lowest BCUT2D eigenvalue weighted by Gasteiger charge is -2.05. The first-order valence-corrected chi connectivity index (χ1v) is 8.10. The van der Waals surface area contributed by atoms with Crippen molar-refractivity contribution in [3.63, 3.8) is 0 Å². The largest absolute Gasteiger partial charge is 0.497 e. The van der Waals surface area contributed by atoms with E-state index in [0.29, 0.717) is 5.82 Å². The minimum atomic E-state index is 0.639. The van der Waals surface area contributed by atoms with Crippen LogP contribution in [-0.2, 0) is 0 Å². The Labute approximate surface area is 148 Å². The van der Waals surface area contributed by atoms with Crippen LogP contribution in [0.15, 0.2) is 61.1 Å². The molecule has 5 aromatic rings. The van der Waals surface area contributed by atoms with Crippen LogP contribution in [-0.4, -0.2) is 37.1 Å². The molecule has 1 N–H and O–H groups in total. The molecule has 7 heteroatoms. The van der Waals surface area contributed by atoms with Gasteiger partial charge < -0.3 is 4.74 Å². The van der Waals surface area contributed by atoms with Crippen LogP contribution in [0.1, 0.15) is 0 Å². The Hall–Kier alpha value is -3.74. The molecule has 0 aliphatic rings. The number of H-pyrrole nitrogens is 1. The minimum Gasteiger partial charge on any atom is -0.497 e. The summed E-state index contributed by atoms with van der Waals surface area (Å²) in [4.78, 5) is 9.16. The fourth-order valence-electron chi connectivity index (χ4n) is 2.99. The van der Waals surface area contributed by atoms with Gasteiger partial charge in [0.2, 0.25) is 0 Å². The molecule has 0 aliphatic heterocycles. The Morgan fingerprint density at radius 3 is 2.92 bits per heavy atom. The molecule has 0 fully saturated rings. The molecule has 2 aromatic carbocycles. The van der Waals surface area contributed by atoms with Crippen molar-refractivity contribution in [2.45, 2.75) is 0 Å². The predicted molar refractivity (Wildman–Crippen MR) is 98.3 cm³/mol. The van der Waals surface area contributed by atoms with E-state index in [1.807, 2.05) is 47.1 Å². The maximum absolute atomic E-state index is 5.27. The zero-order valence-corrected chi connectivity index (χ0v) is 13.9. The van der Waals surface area contributed by atoms with Gasteiger partial charge in [0.05, 0.1) is 36.9 Å². The van der Waals surface area contributed by atoms with Crippen molar-refractivity contribution in [1.82, 2.24) is 29.9 Å². The van der Waals surface area contributed by atoms with Gasteiger partial charge in [-0.15, -0.1) is 0 Å². The Kier molecular flexibility index (Phi) is 3.18. The Balaban J connectivity index is 1.61. The summed E-state index contributed by atoms with van der Waals surface area (Å²) in [5, 5.41) is 12.6. The van der Waals surface area contributed by atoms with E-state index in [-0.39, 0.29) is 0 Å². The molecule has 26 heavy (non-hydrogen) atoms. The van der Waals surface area contributed by atoms with E-state index in [1.54, 1.807) is 25.7 Å². The van der Waals surface area contributed by atoms with Crippen LogP contribution in [0.3, 0.4) is 0 Å². The summed E-state index contributed by atoms with van der Waals surface area (Å²) in [5.74, 6) is 1.41. The predicted octanol–water partition coefficient (Wildman–Crippen LogP) is 3.37. The molecule has 0 saturated carbocycles. The van der Waals surface area contributed by atoms with Crippen molar-refractivity contribution < 1.29 is 4.74 Å². The molecule has 0 unspecified atom stereocenters. The molecule has 3 aromatic heterocycles. The first-order chi connectivity index (χ1) is 12.8. The number of nitrogens with zero attached hydrogens (tertiary/aromatic N) is 5. The molecular weight excluding hydrogens is 328 g/mol. The molecule has 3 heterocycles. The number of hydrogen-bond donors (Lipinski definition) is 1. The van der Waals surface area contributed by atoms with E-state index in [2.05, 4.69) is 25.3 Å². The third-order valence-corrected chi connectivity index (χ3v) is 4.32. The average Bonchev–Trinajstić information content (AvgIpc) is 3.33. The summed E-state index contributed by atoms with van der Waals surface area (Å²) >= 11 is 0. The monoisotopic (exact) mass is 342 g/mol. The van der Waals surface area contributed by atoms with Crippen molar-refractivity contribution in [2.24, 2.45) is 0 Å². The molecule has 7 nitrogen and oxygen atoms in total. The third-order valence-electron chi connectivity index (χ3n) is 4.32. The number of fused-ring (bicyclic) bond motifs is 2. The van der Waals surface area contributed by atoms with Crippen LogP contribution in [0.2, 0.25) is 0 Å². The summed E-state index contributed by atoms with van der Waals surface area (Å²) < 4.78 is 7.10. The molecule has 0 bridgehead atoms. The van der Waals surface area contributed by atoms with Gasteiger partial charge in [0, 0.05) is 10.9 Å². The first-order valence-electron chi connectivity index (χ1n) is 8.10. The molecule has 0 atom stereocenters. The fourth-order valence-corrected chi connectivity index (χ4v) is 2.99. The van der Waals surface area contributed by atoms with Gasteiger partial charge in [0.15, 0.2) is 5.82 Å². The molecule has 0 radical (unpaired) electrons. The van der Waals surface area contributed by atoms with E-state index in [4.69, 9.17) is 4.74 Å². The SMILES string of the molecule is COc1cccc(-c2ncc3c(cnn3-c3ccc4cn[nH]c4c3)n2)c1. The van der Waals surface area contributed by atoms with Crippen LogP contribution < -0.4 is 4.74 Å². The molecule has 0 saturated heterocycles. The van der Waals surface area contributed by atoms with Crippen molar-refractivity contribution in [2.75, 3.05) is 7.11 Å². The second-order valence-electron chi connectivity index (χ2n) is 5.89. The highest BCUT2D eigenvalue weighted by Crippen LogP contribution is 2.24. The summed E-state index contributed by atoms with van der Waals surface area (Å²) in [7, 11) is 1.64. The molecule has 0 amide bonds. The van der Waals surface area contributed by atoms with E-state index in [0.717, 1.165) is 38.9 Å². The highest BCUT2D eigenvalue weighted by Gasteiger charge is 2.10. The van der Waals surface area contributed by atoms with E-state index < -0.39 is 0 Å². The summed E-state index contributed by atoms with van der Waals surface area (Å²) in [6.07, 6.45) is 5.34. The van der Waals surface area contributed by atoms with Crippen LogP contribution in [0.5, 0.6) is 5.75 Å². The number of aromatic amines is 1. The molecule has 0 spiro atoms. The van der Waals surface area contributed by atoms with E-state index >= 15 is 0 Å². The lowest BCUT2D eigenvalue weighted by molar-refractivity contribution is 0.415. The fraction of sp³-hybridized carbons (Fsp3) is 0.0526. The lowest BCUT2D eigenvalue weighted by atomic mass is 10.2. The van der Waals surface area contributed by atoms with Gasteiger partial charge in [-0.2, -0.15) is 10.2 Å². The second-order valence-corrected chi connectivity index (χ2v) is 5.89. The Morgan fingerprint density at radius 2 is 2.00 bits per heavy atom. The summed E-state index contributed by atoms with van der Waals surface area (Å²) in [6.45, 7) is 0. The Morgan fingerprint density at radius 1 is 1.04 bits per heavy atom. The molecule has 0 aliphatic carbocycles. The van der Waals surface area contributed by atoms with E-state index in [1.165, 1.54) is 0 Å². The third kappa shape index (κ3) is 2.29. The van der Waals surface area contributed by atoms with Gasteiger partial charge >= 0.3 is 0 Å². The zero-order chi connectivity index (χ0) is 17.5. The number of aromatic nitrogens is 6. The topological polar surface area (TPSA) is 81.5 Å². The van der Waals surface area contributed by atoms with Crippen LogP contribution in [0, 0.1) is 0 Å². The maximum Gasteiger partial charge on any atom is 0.160 e. The average molecular weight is 342 g/mol. The van der Waals surface area contributed by atoms with E-state index in [9.17, 15) is 0 Å². The maximum atomic E-state index is 5.27. The number of benzene rings is 2. The van der Waals surface area contributed by atoms with Gasteiger partial charge in [-0.25, -0.2) is 14.6 Å². The second kappa shape index (κ2) is 5.66. The normalized spacial score (nSPS) is 11.3. The van der Waals surface area contributed by atoms with Gasteiger partial charge in [0.25, 0.3) is 0 Å². The molecule has 126 valence electrons. The van der Waals surface area contributed by atoms with Crippen molar-refractivity contribution in [3.05, 3.63) is 61.1 Å². The quantitative estimate of drug-likeness (QED) is 0.544. The number of ether oxygens (including phenoxy) is 1. The van der Waals surface area contributed by atoms with Crippen LogP contribution in [0.4, 0.5) is 0 Å². The van der Waals surface area contributed by atoms with Crippen molar-refractivity contribution in [1.29, 1.82) is 0 Å². The van der Waals surface area contributed by atoms with Gasteiger partial charge in [-0.05, 0) is 30.3 Å². The number of nitrogens with one attached hydrogen (secondary N) is 1. The highest BCUT2D eigenvalue weighted by molar-refractivity contribution is 5.82. The number of hydrogen-bond acceptors (Lipinski definition) is 5. The zero-order valence-electron chi connectivity index (χ0n) is 13.9. The van der Waals surface area contributed by atoms with Gasteiger partial charge in [-0.1, -0.05) is 12.1 Å².